The highest BCUT2D eigenvalue weighted by molar-refractivity contribution is 9.11. The van der Waals surface area contributed by atoms with Crippen LogP contribution in [0.1, 0.15) is 19.3 Å². The number of aliphatic carboxylic acids is 2. The normalized spacial score (nSPS) is 11.4. The van der Waals surface area contributed by atoms with Crippen molar-refractivity contribution in [1.82, 2.24) is 10.6 Å². The van der Waals surface area contributed by atoms with Gasteiger partial charge in [-0.2, -0.15) is 0 Å². The number of nitrogens with one attached hydrogen (secondary N) is 2. The van der Waals surface area contributed by atoms with E-state index in [4.69, 9.17) is 10.2 Å². The molecule has 0 rings (SSSR count). The van der Waals surface area contributed by atoms with E-state index in [1.807, 2.05) is 0 Å². The third kappa shape index (κ3) is 8.57. The Labute approximate surface area is 112 Å². The van der Waals surface area contributed by atoms with Gasteiger partial charge in [0.15, 0.2) is 0 Å². The summed E-state index contributed by atoms with van der Waals surface area (Å²) < 4.78 is 0.551. The van der Waals surface area contributed by atoms with Crippen LogP contribution in [0.3, 0.4) is 0 Å². The van der Waals surface area contributed by atoms with Crippen molar-refractivity contribution in [3.05, 3.63) is 11.1 Å². The van der Waals surface area contributed by atoms with E-state index in [1.54, 1.807) is 0 Å². The van der Waals surface area contributed by atoms with Crippen LogP contribution < -0.4 is 10.6 Å². The van der Waals surface area contributed by atoms with Gasteiger partial charge in [-0.25, -0.2) is 9.59 Å². The highest BCUT2D eigenvalue weighted by atomic mass is 79.9. The van der Waals surface area contributed by atoms with E-state index in [-0.39, 0.29) is 25.8 Å². The van der Waals surface area contributed by atoms with Crippen molar-refractivity contribution in [3.8, 4) is 0 Å². The van der Waals surface area contributed by atoms with Crippen molar-refractivity contribution >= 4 is 33.9 Å². The summed E-state index contributed by atoms with van der Waals surface area (Å²) in [5, 5.41) is 21.9. The van der Waals surface area contributed by atoms with Gasteiger partial charge in [0.2, 0.25) is 0 Å². The Morgan fingerprint density at radius 2 is 1.89 bits per heavy atom. The van der Waals surface area contributed by atoms with E-state index >= 15 is 0 Å². The second-order valence-electron chi connectivity index (χ2n) is 3.52. The summed E-state index contributed by atoms with van der Waals surface area (Å²) in [5.74, 6) is -2.20. The number of urea groups is 1. The first-order valence-corrected chi connectivity index (χ1v) is 5.94. The predicted octanol–water partition coefficient (Wildman–Crippen LogP) is 0.902. The van der Waals surface area contributed by atoms with Crippen LogP contribution in [-0.4, -0.2) is 40.8 Å². The summed E-state index contributed by atoms with van der Waals surface area (Å²) in [5.41, 5.74) is 0. The second kappa shape index (κ2) is 8.51. The third-order valence-electron chi connectivity index (χ3n) is 1.93. The lowest BCUT2D eigenvalue weighted by atomic mass is 10.1. The van der Waals surface area contributed by atoms with Gasteiger partial charge in [-0.3, -0.25) is 4.79 Å². The van der Waals surface area contributed by atoms with Gasteiger partial charge in [0.25, 0.3) is 0 Å². The maximum atomic E-state index is 11.3. The van der Waals surface area contributed by atoms with Crippen LogP contribution in [0.4, 0.5) is 4.79 Å². The van der Waals surface area contributed by atoms with Crippen LogP contribution in [0, 0.1) is 0 Å². The molecule has 1 atom stereocenters. The predicted molar refractivity (Wildman–Crippen MR) is 67.5 cm³/mol. The molecule has 0 aromatic heterocycles. The number of rotatable bonds is 8. The lowest BCUT2D eigenvalue weighted by Crippen LogP contribution is -2.46. The molecule has 0 aromatic rings. The number of carbonyl (C=O) groups excluding carboxylic acids is 1. The van der Waals surface area contributed by atoms with Crippen LogP contribution in [0.5, 0.6) is 0 Å². The zero-order valence-corrected chi connectivity index (χ0v) is 11.2. The van der Waals surface area contributed by atoms with Crippen LogP contribution in [0.2, 0.25) is 0 Å². The SMILES string of the molecule is C=C(Br)CNC(=O)N[C@H](CCCC(=O)O)C(=O)O. The Morgan fingerprint density at radius 1 is 1.28 bits per heavy atom. The number of carbonyl (C=O) groups is 3. The van der Waals surface area contributed by atoms with Crippen molar-refractivity contribution < 1.29 is 24.6 Å². The number of hydrogen-bond acceptors (Lipinski definition) is 3. The Hall–Kier alpha value is -1.57. The van der Waals surface area contributed by atoms with E-state index in [9.17, 15) is 14.4 Å². The monoisotopic (exact) mass is 322 g/mol. The van der Waals surface area contributed by atoms with Gasteiger partial charge < -0.3 is 20.8 Å². The van der Waals surface area contributed by atoms with Crippen molar-refractivity contribution in [2.75, 3.05) is 6.54 Å². The average Bonchev–Trinajstić information content (AvgIpc) is 2.24. The summed E-state index contributed by atoms with van der Waals surface area (Å²) in [6.07, 6.45) is 0.104. The second-order valence-corrected chi connectivity index (χ2v) is 4.64. The first-order chi connectivity index (χ1) is 8.32. The minimum atomic E-state index is -1.20. The van der Waals surface area contributed by atoms with Crippen LogP contribution >= 0.6 is 15.9 Å². The molecule has 0 fully saturated rings. The topological polar surface area (TPSA) is 116 Å². The molecular formula is C10H15BrN2O5. The van der Waals surface area contributed by atoms with E-state index in [0.29, 0.717) is 4.48 Å². The molecule has 0 aliphatic carbocycles. The van der Waals surface area contributed by atoms with Gasteiger partial charge in [-0.05, 0) is 12.8 Å². The molecule has 0 spiro atoms. The Bertz CT molecular complexity index is 345. The molecule has 0 saturated heterocycles. The van der Waals surface area contributed by atoms with Crippen LogP contribution in [0.25, 0.3) is 0 Å². The summed E-state index contributed by atoms with van der Waals surface area (Å²) in [4.78, 5) is 32.4. The third-order valence-corrected chi connectivity index (χ3v) is 2.21. The molecule has 2 amide bonds. The number of halogens is 1. The minimum absolute atomic E-state index is 0.0598. The zero-order chi connectivity index (χ0) is 14.1. The van der Waals surface area contributed by atoms with Gasteiger partial charge >= 0.3 is 18.0 Å². The molecule has 4 N–H and O–H groups in total. The molecule has 0 unspecified atom stereocenters. The zero-order valence-electron chi connectivity index (χ0n) is 9.61. The lowest BCUT2D eigenvalue weighted by Gasteiger charge is -2.14. The van der Waals surface area contributed by atoms with Crippen molar-refractivity contribution in [2.24, 2.45) is 0 Å². The fourth-order valence-electron chi connectivity index (χ4n) is 1.10. The molecule has 0 heterocycles. The van der Waals surface area contributed by atoms with E-state index < -0.39 is 24.0 Å². The molecule has 0 aromatic carbocycles. The fourth-order valence-corrected chi connectivity index (χ4v) is 1.24. The molecule has 18 heavy (non-hydrogen) atoms. The van der Waals surface area contributed by atoms with Crippen molar-refractivity contribution in [1.29, 1.82) is 0 Å². The number of amides is 2. The molecule has 0 aliphatic heterocycles. The molecule has 7 nitrogen and oxygen atoms in total. The summed E-state index contributed by atoms with van der Waals surface area (Å²) in [7, 11) is 0. The average molecular weight is 323 g/mol. The first kappa shape index (κ1) is 16.4. The molecule has 8 heteroatoms. The Balaban J connectivity index is 4.10. The summed E-state index contributed by atoms with van der Waals surface area (Å²) >= 11 is 3.04. The molecule has 102 valence electrons. The molecule has 0 aliphatic rings. The van der Waals surface area contributed by atoms with E-state index in [0.717, 1.165) is 0 Å². The van der Waals surface area contributed by atoms with Gasteiger partial charge in [-0.1, -0.05) is 22.5 Å². The Kier molecular flexibility index (Phi) is 7.77. The molecular weight excluding hydrogens is 308 g/mol. The molecule has 0 bridgehead atoms. The molecule has 0 saturated carbocycles. The maximum absolute atomic E-state index is 11.3. The number of hydrogen-bond donors (Lipinski definition) is 4. The fraction of sp³-hybridized carbons (Fsp3) is 0.500. The van der Waals surface area contributed by atoms with E-state index in [1.165, 1.54) is 0 Å². The van der Waals surface area contributed by atoms with Gasteiger partial charge in [0.05, 0.1) is 6.54 Å². The van der Waals surface area contributed by atoms with Crippen LogP contribution in [-0.2, 0) is 9.59 Å². The summed E-state index contributed by atoms with van der Waals surface area (Å²) in [6, 6.07) is -1.74. The van der Waals surface area contributed by atoms with E-state index in [2.05, 4.69) is 33.1 Å². The highest BCUT2D eigenvalue weighted by Crippen LogP contribution is 2.02. The smallest absolute Gasteiger partial charge is 0.326 e. The standard InChI is InChI=1S/C10H15BrN2O5/c1-6(11)5-12-10(18)13-7(9(16)17)3-2-4-8(14)15/h7H,1-5H2,(H,14,15)(H,16,17)(H2,12,13,18)/t7-/m1/s1. The first-order valence-electron chi connectivity index (χ1n) is 5.15. The Morgan fingerprint density at radius 3 is 2.33 bits per heavy atom. The maximum Gasteiger partial charge on any atom is 0.326 e. The van der Waals surface area contributed by atoms with Gasteiger partial charge in [0.1, 0.15) is 6.04 Å². The minimum Gasteiger partial charge on any atom is -0.481 e. The largest absolute Gasteiger partial charge is 0.481 e. The molecule has 0 radical (unpaired) electrons. The number of carboxylic acid groups (broad SMARTS) is 2. The van der Waals surface area contributed by atoms with Gasteiger partial charge in [0, 0.05) is 10.9 Å². The van der Waals surface area contributed by atoms with Crippen molar-refractivity contribution in [3.63, 3.8) is 0 Å². The quantitative estimate of drug-likeness (QED) is 0.530. The van der Waals surface area contributed by atoms with Crippen LogP contribution in [0.15, 0.2) is 11.1 Å². The number of carboxylic acids is 2. The van der Waals surface area contributed by atoms with Gasteiger partial charge in [-0.15, -0.1) is 0 Å². The van der Waals surface area contributed by atoms with Crippen molar-refractivity contribution in [2.45, 2.75) is 25.3 Å². The highest BCUT2D eigenvalue weighted by Gasteiger charge is 2.19. The summed E-state index contributed by atoms with van der Waals surface area (Å²) in [6.45, 7) is 3.68. The lowest BCUT2D eigenvalue weighted by molar-refractivity contribution is -0.140.